The van der Waals surface area contributed by atoms with E-state index in [0.29, 0.717) is 17.6 Å². The third-order valence-electron chi connectivity index (χ3n) is 3.33. The lowest BCUT2D eigenvalue weighted by molar-refractivity contribution is 0.0945. The summed E-state index contributed by atoms with van der Waals surface area (Å²) >= 11 is 0. The van der Waals surface area contributed by atoms with E-state index in [9.17, 15) is 4.79 Å². The highest BCUT2D eigenvalue weighted by atomic mass is 16.5. The molecule has 1 aromatic rings. The Morgan fingerprint density at radius 3 is 2.84 bits per heavy atom. The number of rotatable bonds is 5. The number of aromatic nitrogens is 2. The zero-order chi connectivity index (χ0) is 13.1. The quantitative estimate of drug-likeness (QED) is 0.826. The van der Waals surface area contributed by atoms with E-state index in [1.165, 1.54) is 6.20 Å². The summed E-state index contributed by atoms with van der Waals surface area (Å²) in [6.45, 7) is 1.58. The molecule has 1 aromatic heterocycles. The lowest BCUT2D eigenvalue weighted by Gasteiger charge is -2.11. The molecule has 102 valence electrons. The first kappa shape index (κ1) is 12.3. The number of carbonyl (C=O) groups excluding carboxylic acids is 1. The first-order valence-corrected chi connectivity index (χ1v) is 6.79. The number of amides is 1. The Hall–Kier alpha value is -1.69. The van der Waals surface area contributed by atoms with Crippen molar-refractivity contribution in [2.24, 2.45) is 0 Å². The van der Waals surface area contributed by atoms with Gasteiger partial charge >= 0.3 is 0 Å². The Morgan fingerprint density at radius 1 is 1.32 bits per heavy atom. The first-order valence-electron chi connectivity index (χ1n) is 6.79. The van der Waals surface area contributed by atoms with Crippen LogP contribution in [0.1, 0.15) is 36.2 Å². The van der Waals surface area contributed by atoms with E-state index in [1.807, 2.05) is 0 Å². The minimum Gasteiger partial charge on any atom is -0.376 e. The predicted molar refractivity (Wildman–Crippen MR) is 70.0 cm³/mol. The molecule has 19 heavy (non-hydrogen) atoms. The van der Waals surface area contributed by atoms with E-state index >= 15 is 0 Å². The van der Waals surface area contributed by atoms with Crippen molar-refractivity contribution in [2.45, 2.75) is 37.8 Å². The molecule has 3 rings (SSSR count). The lowest BCUT2D eigenvalue weighted by atomic mass is 10.2. The highest BCUT2D eigenvalue weighted by Crippen LogP contribution is 2.19. The maximum Gasteiger partial charge on any atom is 0.271 e. The number of nitrogens with one attached hydrogen (secondary N) is 2. The fraction of sp³-hybridized carbons (Fsp3) is 0.615. The third-order valence-corrected chi connectivity index (χ3v) is 3.33. The van der Waals surface area contributed by atoms with Crippen molar-refractivity contribution >= 4 is 11.7 Å². The van der Waals surface area contributed by atoms with Crippen LogP contribution >= 0.6 is 0 Å². The van der Waals surface area contributed by atoms with Crippen LogP contribution in [0, 0.1) is 0 Å². The van der Waals surface area contributed by atoms with Crippen molar-refractivity contribution in [3.8, 4) is 0 Å². The molecule has 1 saturated heterocycles. The smallest absolute Gasteiger partial charge is 0.271 e. The normalized spacial score (nSPS) is 22.2. The topological polar surface area (TPSA) is 76.1 Å². The van der Waals surface area contributed by atoms with Gasteiger partial charge < -0.3 is 15.4 Å². The molecule has 0 bridgehead atoms. The molecule has 6 heteroatoms. The summed E-state index contributed by atoms with van der Waals surface area (Å²) in [7, 11) is 0. The van der Waals surface area contributed by atoms with Gasteiger partial charge in [0.05, 0.1) is 18.5 Å². The van der Waals surface area contributed by atoms with Gasteiger partial charge in [-0.2, -0.15) is 0 Å². The van der Waals surface area contributed by atoms with E-state index in [1.54, 1.807) is 6.20 Å². The molecule has 1 aliphatic heterocycles. The highest BCUT2D eigenvalue weighted by molar-refractivity contribution is 5.92. The van der Waals surface area contributed by atoms with Crippen LogP contribution in [0.15, 0.2) is 12.4 Å². The molecular weight excluding hydrogens is 244 g/mol. The second-order valence-corrected chi connectivity index (χ2v) is 5.05. The van der Waals surface area contributed by atoms with Gasteiger partial charge in [0.25, 0.3) is 5.91 Å². The Bertz CT molecular complexity index is 438. The molecule has 1 unspecified atom stereocenters. The molecule has 0 spiro atoms. The number of anilines is 1. The minimum atomic E-state index is -0.138. The van der Waals surface area contributed by atoms with Crippen LogP contribution in [0.25, 0.3) is 0 Å². The van der Waals surface area contributed by atoms with Crippen LogP contribution in [0.3, 0.4) is 0 Å². The van der Waals surface area contributed by atoms with Crippen LogP contribution < -0.4 is 10.6 Å². The minimum absolute atomic E-state index is 0.138. The molecule has 2 N–H and O–H groups in total. The van der Waals surface area contributed by atoms with E-state index in [2.05, 4.69) is 20.6 Å². The molecule has 0 aromatic carbocycles. The Labute approximate surface area is 112 Å². The molecule has 2 fully saturated rings. The van der Waals surface area contributed by atoms with Crippen molar-refractivity contribution in [2.75, 3.05) is 18.5 Å². The highest BCUT2D eigenvalue weighted by Gasteiger charge is 2.24. The summed E-state index contributed by atoms with van der Waals surface area (Å²) in [5.41, 5.74) is 0.370. The first-order chi connectivity index (χ1) is 9.31. The summed E-state index contributed by atoms with van der Waals surface area (Å²) < 4.78 is 5.51. The number of carbonyl (C=O) groups is 1. The summed E-state index contributed by atoms with van der Waals surface area (Å²) in [6.07, 6.45) is 7.72. The molecule has 1 saturated carbocycles. The monoisotopic (exact) mass is 262 g/mol. The van der Waals surface area contributed by atoms with Gasteiger partial charge in [-0.15, -0.1) is 0 Å². The third kappa shape index (κ3) is 3.41. The average molecular weight is 262 g/mol. The molecule has 1 atom stereocenters. The predicted octanol–water partition coefficient (Wildman–Crippen LogP) is 0.960. The number of nitrogens with zero attached hydrogens (tertiary/aromatic N) is 2. The van der Waals surface area contributed by atoms with Crippen molar-refractivity contribution in [1.82, 2.24) is 15.3 Å². The van der Waals surface area contributed by atoms with Crippen LogP contribution in [0.5, 0.6) is 0 Å². The maximum absolute atomic E-state index is 11.7. The van der Waals surface area contributed by atoms with Gasteiger partial charge in [-0.05, 0) is 25.7 Å². The zero-order valence-corrected chi connectivity index (χ0v) is 10.8. The van der Waals surface area contributed by atoms with E-state index in [0.717, 1.165) is 38.8 Å². The fourth-order valence-electron chi connectivity index (χ4n) is 2.05. The van der Waals surface area contributed by atoms with Gasteiger partial charge in [-0.3, -0.25) is 4.79 Å². The second kappa shape index (κ2) is 5.52. The maximum atomic E-state index is 11.7. The van der Waals surface area contributed by atoms with Crippen LogP contribution in [-0.4, -0.2) is 41.2 Å². The summed E-state index contributed by atoms with van der Waals surface area (Å²) in [6, 6.07) is 0.339. The SMILES string of the molecule is O=C(NC1CC1)c1cnc(NCC2CCCO2)cn1. The molecule has 0 radical (unpaired) electrons. The van der Waals surface area contributed by atoms with Crippen LogP contribution in [0.4, 0.5) is 5.82 Å². The van der Waals surface area contributed by atoms with Crippen LogP contribution in [0.2, 0.25) is 0 Å². The van der Waals surface area contributed by atoms with Gasteiger partial charge in [0.1, 0.15) is 11.5 Å². The fourth-order valence-corrected chi connectivity index (χ4v) is 2.05. The Kier molecular flexibility index (Phi) is 3.59. The van der Waals surface area contributed by atoms with Gasteiger partial charge in [0.2, 0.25) is 0 Å². The summed E-state index contributed by atoms with van der Waals surface area (Å²) in [5, 5.41) is 6.06. The number of ether oxygens (including phenoxy) is 1. The van der Waals surface area contributed by atoms with Gasteiger partial charge in [0, 0.05) is 19.2 Å². The van der Waals surface area contributed by atoms with Crippen LogP contribution in [-0.2, 0) is 4.74 Å². The second-order valence-electron chi connectivity index (χ2n) is 5.05. The van der Waals surface area contributed by atoms with Crippen molar-refractivity contribution in [3.63, 3.8) is 0 Å². The Morgan fingerprint density at radius 2 is 2.21 bits per heavy atom. The molecular formula is C13H18N4O2. The Balaban J connectivity index is 1.51. The van der Waals surface area contributed by atoms with Crippen molar-refractivity contribution in [3.05, 3.63) is 18.1 Å². The largest absolute Gasteiger partial charge is 0.376 e. The van der Waals surface area contributed by atoms with Crippen molar-refractivity contribution in [1.29, 1.82) is 0 Å². The van der Waals surface area contributed by atoms with E-state index in [4.69, 9.17) is 4.74 Å². The molecule has 1 aliphatic carbocycles. The van der Waals surface area contributed by atoms with Gasteiger partial charge in [0.15, 0.2) is 0 Å². The van der Waals surface area contributed by atoms with Gasteiger partial charge in [-0.1, -0.05) is 0 Å². The molecule has 1 amide bonds. The average Bonchev–Trinajstić information content (AvgIpc) is 3.09. The van der Waals surface area contributed by atoms with E-state index < -0.39 is 0 Å². The lowest BCUT2D eigenvalue weighted by Crippen LogP contribution is -2.26. The van der Waals surface area contributed by atoms with Gasteiger partial charge in [-0.25, -0.2) is 9.97 Å². The molecule has 2 aliphatic rings. The summed E-state index contributed by atoms with van der Waals surface area (Å²) in [4.78, 5) is 20.0. The van der Waals surface area contributed by atoms with E-state index in [-0.39, 0.29) is 12.0 Å². The zero-order valence-electron chi connectivity index (χ0n) is 10.8. The van der Waals surface area contributed by atoms with Crippen molar-refractivity contribution < 1.29 is 9.53 Å². The number of hydrogen-bond donors (Lipinski definition) is 2. The molecule has 2 heterocycles. The standard InChI is InChI=1S/C13H18N4O2/c18-13(17-9-3-4-9)11-7-16-12(8-14-11)15-6-10-2-1-5-19-10/h7-10H,1-6H2,(H,15,16)(H,17,18). The number of hydrogen-bond acceptors (Lipinski definition) is 5. The molecule has 6 nitrogen and oxygen atoms in total. The summed E-state index contributed by atoms with van der Waals surface area (Å²) in [5.74, 6) is 0.541.